The van der Waals surface area contributed by atoms with E-state index in [4.69, 9.17) is 4.74 Å². The van der Waals surface area contributed by atoms with Gasteiger partial charge in [-0.3, -0.25) is 4.79 Å². The Labute approximate surface area is 141 Å². The number of rotatable bonds is 7. The number of ether oxygens (including phenoxy) is 1. The van der Waals surface area contributed by atoms with Gasteiger partial charge in [0.1, 0.15) is 5.75 Å². The Bertz CT molecular complexity index is 805. The minimum atomic E-state index is -3.64. The summed E-state index contributed by atoms with van der Waals surface area (Å²) in [4.78, 5) is 12.1. The molecule has 0 bridgehead atoms. The van der Waals surface area contributed by atoms with Crippen LogP contribution in [-0.2, 0) is 10.0 Å². The maximum Gasteiger partial charge on any atom is 0.251 e. The van der Waals surface area contributed by atoms with E-state index >= 15 is 0 Å². The van der Waals surface area contributed by atoms with Gasteiger partial charge in [0.05, 0.1) is 12.0 Å². The number of aryl methyl sites for hydroxylation is 1. The van der Waals surface area contributed by atoms with Crippen molar-refractivity contribution >= 4 is 15.9 Å². The maximum atomic E-state index is 12.3. The number of hydrogen-bond acceptors (Lipinski definition) is 4. The molecule has 0 saturated carbocycles. The lowest BCUT2D eigenvalue weighted by atomic mass is 10.2. The molecule has 0 unspecified atom stereocenters. The van der Waals surface area contributed by atoms with Crippen LogP contribution in [0.25, 0.3) is 0 Å². The Hall–Kier alpha value is -2.38. The van der Waals surface area contributed by atoms with Crippen molar-refractivity contribution in [1.82, 2.24) is 10.0 Å². The van der Waals surface area contributed by atoms with Crippen molar-refractivity contribution in [2.75, 3.05) is 20.2 Å². The first-order chi connectivity index (χ1) is 11.4. The van der Waals surface area contributed by atoms with Crippen LogP contribution < -0.4 is 14.8 Å². The smallest absolute Gasteiger partial charge is 0.251 e. The zero-order valence-corrected chi connectivity index (χ0v) is 14.4. The number of benzene rings is 2. The molecule has 6 nitrogen and oxygen atoms in total. The number of hydrogen-bond donors (Lipinski definition) is 2. The number of carbonyl (C=O) groups excluding carboxylic acids is 1. The van der Waals surface area contributed by atoms with Gasteiger partial charge in [-0.2, -0.15) is 0 Å². The molecule has 2 N–H and O–H groups in total. The number of nitrogens with one attached hydrogen (secondary N) is 2. The van der Waals surface area contributed by atoms with Gasteiger partial charge < -0.3 is 10.1 Å². The van der Waals surface area contributed by atoms with Gasteiger partial charge in [0.2, 0.25) is 10.0 Å². The minimum absolute atomic E-state index is 0.104. The summed E-state index contributed by atoms with van der Waals surface area (Å²) >= 11 is 0. The third-order valence-electron chi connectivity index (χ3n) is 3.41. The van der Waals surface area contributed by atoms with E-state index in [-0.39, 0.29) is 23.9 Å². The third-order valence-corrected chi connectivity index (χ3v) is 5.03. The average molecular weight is 348 g/mol. The first-order valence-corrected chi connectivity index (χ1v) is 8.90. The highest BCUT2D eigenvalue weighted by Crippen LogP contribution is 2.20. The lowest BCUT2D eigenvalue weighted by Crippen LogP contribution is -2.34. The Morgan fingerprint density at radius 1 is 1.08 bits per heavy atom. The number of carbonyl (C=O) groups is 1. The third kappa shape index (κ3) is 4.56. The summed E-state index contributed by atoms with van der Waals surface area (Å²) in [7, 11) is -2.11. The van der Waals surface area contributed by atoms with Crippen molar-refractivity contribution < 1.29 is 17.9 Å². The average Bonchev–Trinajstić information content (AvgIpc) is 2.59. The second-order valence-corrected chi connectivity index (χ2v) is 6.89. The number of methoxy groups -OCH3 is 1. The van der Waals surface area contributed by atoms with E-state index in [0.717, 1.165) is 0 Å². The fraction of sp³-hybridized carbons (Fsp3) is 0.235. The summed E-state index contributed by atoms with van der Waals surface area (Å²) < 4.78 is 32.1. The highest BCUT2D eigenvalue weighted by atomic mass is 32.2. The SMILES string of the molecule is COc1ccc(S(=O)(=O)NCCNC(=O)c2ccccc2)c(C)c1. The molecular formula is C17H20N2O4S. The topological polar surface area (TPSA) is 84.5 Å². The first kappa shape index (κ1) is 18.0. The van der Waals surface area contributed by atoms with Crippen LogP contribution in [0.2, 0.25) is 0 Å². The molecule has 0 radical (unpaired) electrons. The summed E-state index contributed by atoms with van der Waals surface area (Å²) in [6, 6.07) is 13.5. The Morgan fingerprint density at radius 3 is 2.42 bits per heavy atom. The molecule has 0 aromatic heterocycles. The highest BCUT2D eigenvalue weighted by molar-refractivity contribution is 7.89. The predicted octanol–water partition coefficient (Wildman–Crippen LogP) is 1.71. The minimum Gasteiger partial charge on any atom is -0.497 e. The molecule has 0 aliphatic rings. The molecule has 128 valence electrons. The van der Waals surface area contributed by atoms with Gasteiger partial charge in [-0.05, 0) is 42.8 Å². The molecule has 2 rings (SSSR count). The molecule has 7 heteroatoms. The van der Waals surface area contributed by atoms with Crippen molar-refractivity contribution in [2.45, 2.75) is 11.8 Å². The zero-order valence-electron chi connectivity index (χ0n) is 13.6. The fourth-order valence-electron chi connectivity index (χ4n) is 2.18. The van der Waals surface area contributed by atoms with Gasteiger partial charge >= 0.3 is 0 Å². The van der Waals surface area contributed by atoms with Gasteiger partial charge in [-0.1, -0.05) is 18.2 Å². The molecule has 0 fully saturated rings. The van der Waals surface area contributed by atoms with E-state index in [0.29, 0.717) is 16.9 Å². The molecule has 0 aliphatic heterocycles. The zero-order chi connectivity index (χ0) is 17.6. The molecule has 2 aromatic rings. The van der Waals surface area contributed by atoms with Crippen LogP contribution in [0.5, 0.6) is 5.75 Å². The highest BCUT2D eigenvalue weighted by Gasteiger charge is 2.16. The van der Waals surface area contributed by atoms with Crippen LogP contribution in [-0.4, -0.2) is 34.5 Å². The molecule has 0 saturated heterocycles. The van der Waals surface area contributed by atoms with Gasteiger partial charge in [0.25, 0.3) is 5.91 Å². The summed E-state index contributed by atoms with van der Waals surface area (Å²) in [6.07, 6.45) is 0. The maximum absolute atomic E-state index is 12.3. The van der Waals surface area contributed by atoms with Crippen LogP contribution in [0.3, 0.4) is 0 Å². The van der Waals surface area contributed by atoms with Gasteiger partial charge in [-0.15, -0.1) is 0 Å². The van der Waals surface area contributed by atoms with Gasteiger partial charge in [0.15, 0.2) is 0 Å². The Morgan fingerprint density at radius 2 is 1.79 bits per heavy atom. The summed E-state index contributed by atoms with van der Waals surface area (Å²) in [5, 5.41) is 2.67. The van der Waals surface area contributed by atoms with Crippen LogP contribution >= 0.6 is 0 Å². The molecule has 0 heterocycles. The normalized spacial score (nSPS) is 11.1. The van der Waals surface area contributed by atoms with E-state index in [2.05, 4.69) is 10.0 Å². The summed E-state index contributed by atoms with van der Waals surface area (Å²) in [6.45, 7) is 2.00. The molecule has 24 heavy (non-hydrogen) atoms. The van der Waals surface area contributed by atoms with Crippen molar-refractivity contribution in [3.05, 3.63) is 59.7 Å². The lowest BCUT2D eigenvalue weighted by Gasteiger charge is -2.11. The van der Waals surface area contributed by atoms with Crippen molar-refractivity contribution in [3.63, 3.8) is 0 Å². The molecule has 1 amide bonds. The second-order valence-electron chi connectivity index (χ2n) is 5.15. The molecule has 0 spiro atoms. The Kier molecular flexibility index (Phi) is 5.94. The van der Waals surface area contributed by atoms with Crippen LogP contribution in [0, 0.1) is 6.92 Å². The Balaban J connectivity index is 1.90. The standard InChI is InChI=1S/C17H20N2O4S/c1-13-12-15(23-2)8-9-16(13)24(21,22)19-11-10-18-17(20)14-6-4-3-5-7-14/h3-9,12,19H,10-11H2,1-2H3,(H,18,20). The van der Waals surface area contributed by atoms with E-state index < -0.39 is 10.0 Å². The van der Waals surface area contributed by atoms with E-state index in [1.165, 1.54) is 13.2 Å². The van der Waals surface area contributed by atoms with Crippen LogP contribution in [0.4, 0.5) is 0 Å². The van der Waals surface area contributed by atoms with E-state index in [9.17, 15) is 13.2 Å². The van der Waals surface area contributed by atoms with Gasteiger partial charge in [-0.25, -0.2) is 13.1 Å². The largest absolute Gasteiger partial charge is 0.497 e. The monoisotopic (exact) mass is 348 g/mol. The van der Waals surface area contributed by atoms with Crippen LogP contribution in [0.1, 0.15) is 15.9 Å². The van der Waals surface area contributed by atoms with Gasteiger partial charge in [0, 0.05) is 18.7 Å². The lowest BCUT2D eigenvalue weighted by molar-refractivity contribution is 0.0954. The van der Waals surface area contributed by atoms with Crippen molar-refractivity contribution in [1.29, 1.82) is 0 Å². The van der Waals surface area contributed by atoms with E-state index in [1.54, 1.807) is 43.3 Å². The molecule has 0 atom stereocenters. The quantitative estimate of drug-likeness (QED) is 0.746. The fourth-order valence-corrected chi connectivity index (χ4v) is 3.44. The predicted molar refractivity (Wildman–Crippen MR) is 91.7 cm³/mol. The number of amides is 1. The molecule has 0 aliphatic carbocycles. The van der Waals surface area contributed by atoms with E-state index in [1.807, 2.05) is 6.07 Å². The number of sulfonamides is 1. The first-order valence-electron chi connectivity index (χ1n) is 7.41. The van der Waals surface area contributed by atoms with Crippen molar-refractivity contribution in [2.24, 2.45) is 0 Å². The van der Waals surface area contributed by atoms with Crippen LogP contribution in [0.15, 0.2) is 53.4 Å². The van der Waals surface area contributed by atoms with Crippen molar-refractivity contribution in [3.8, 4) is 5.75 Å². The summed E-state index contributed by atoms with van der Waals surface area (Å²) in [5.41, 5.74) is 1.13. The molecular weight excluding hydrogens is 328 g/mol. The second kappa shape index (κ2) is 7.94. The molecule has 2 aromatic carbocycles. The summed E-state index contributed by atoms with van der Waals surface area (Å²) in [5.74, 6) is 0.358.